The third-order valence-corrected chi connectivity index (χ3v) is 8.04. The normalized spacial score (nSPS) is 27.2. The van der Waals surface area contributed by atoms with E-state index in [1.165, 1.54) is 25.3 Å². The Hall–Kier alpha value is -3.39. The number of aliphatic hydroxyl groups excluding tert-OH is 2. The van der Waals surface area contributed by atoms with Crippen LogP contribution in [0.25, 0.3) is 0 Å². The Labute approximate surface area is 241 Å². The predicted molar refractivity (Wildman–Crippen MR) is 146 cm³/mol. The first-order chi connectivity index (χ1) is 19.7. The molecule has 12 nitrogen and oxygen atoms in total. The van der Waals surface area contributed by atoms with E-state index in [1.54, 1.807) is 0 Å². The topological polar surface area (TPSA) is 192 Å². The molecule has 0 saturated carbocycles. The van der Waals surface area contributed by atoms with Gasteiger partial charge in [0, 0.05) is 47.5 Å². The van der Waals surface area contributed by atoms with Gasteiger partial charge in [-0.3, -0.25) is 14.4 Å². The third kappa shape index (κ3) is 4.97. The highest BCUT2D eigenvalue weighted by molar-refractivity contribution is 6.31. The molecule has 42 heavy (non-hydrogen) atoms. The largest absolute Gasteiger partial charge is 0.507 e. The van der Waals surface area contributed by atoms with Crippen molar-refractivity contribution in [1.82, 2.24) is 5.32 Å². The van der Waals surface area contributed by atoms with Gasteiger partial charge in [-0.2, -0.15) is 0 Å². The first kappa shape index (κ1) is 30.1. The molecule has 5 atom stereocenters. The predicted octanol–water partition coefficient (Wildman–Crippen LogP) is 1.04. The second-order valence-electron chi connectivity index (χ2n) is 12.1. The van der Waals surface area contributed by atoms with Crippen LogP contribution in [0, 0.1) is 0 Å². The Bertz CT molecular complexity index is 1460. The van der Waals surface area contributed by atoms with Gasteiger partial charge in [0.1, 0.15) is 29.5 Å². The molecule has 1 fully saturated rings. The van der Waals surface area contributed by atoms with Gasteiger partial charge >= 0.3 is 0 Å². The number of ether oxygens (including phenoxy) is 3. The molecule has 12 heteroatoms. The quantitative estimate of drug-likeness (QED) is 0.226. The minimum Gasteiger partial charge on any atom is -0.507 e. The van der Waals surface area contributed by atoms with Crippen molar-refractivity contribution >= 4 is 17.3 Å². The molecule has 1 aliphatic heterocycles. The van der Waals surface area contributed by atoms with Gasteiger partial charge in [-0.1, -0.05) is 12.1 Å². The number of benzene rings is 2. The Kier molecular flexibility index (Phi) is 7.67. The number of hydrogen-bond acceptors (Lipinski definition) is 12. The summed E-state index contributed by atoms with van der Waals surface area (Å²) in [7, 11) is 1.33. The summed E-state index contributed by atoms with van der Waals surface area (Å²) >= 11 is 0. The summed E-state index contributed by atoms with van der Waals surface area (Å²) in [5.74, 6) is -3.69. The maximum Gasteiger partial charge on any atom is 0.202 e. The highest BCUT2D eigenvalue weighted by atomic mass is 16.7. The smallest absolute Gasteiger partial charge is 0.202 e. The number of carbonyl (C=O) groups is 3. The van der Waals surface area contributed by atoms with E-state index in [9.17, 15) is 39.9 Å². The van der Waals surface area contributed by atoms with Crippen molar-refractivity contribution < 1.29 is 54.1 Å². The average molecular weight is 586 g/mol. The van der Waals surface area contributed by atoms with Crippen LogP contribution in [-0.4, -0.2) is 92.8 Å². The molecule has 1 saturated heterocycles. The summed E-state index contributed by atoms with van der Waals surface area (Å²) in [6.45, 7) is 4.68. The number of hydrogen-bond donors (Lipinski definition) is 6. The van der Waals surface area contributed by atoms with Crippen LogP contribution in [0.5, 0.6) is 17.2 Å². The maximum absolute atomic E-state index is 13.7. The van der Waals surface area contributed by atoms with Gasteiger partial charge in [0.15, 0.2) is 17.9 Å². The van der Waals surface area contributed by atoms with Crippen molar-refractivity contribution in [3.63, 3.8) is 0 Å². The molecule has 5 rings (SSSR count). The molecule has 0 bridgehead atoms. The second kappa shape index (κ2) is 10.7. The van der Waals surface area contributed by atoms with Gasteiger partial charge in [0.2, 0.25) is 5.78 Å². The van der Waals surface area contributed by atoms with Crippen molar-refractivity contribution in [3.8, 4) is 17.2 Å². The van der Waals surface area contributed by atoms with Crippen LogP contribution in [0.15, 0.2) is 18.2 Å². The minimum atomic E-state index is -2.23. The van der Waals surface area contributed by atoms with Crippen molar-refractivity contribution in [2.45, 2.75) is 75.7 Å². The Morgan fingerprint density at radius 2 is 1.81 bits per heavy atom. The van der Waals surface area contributed by atoms with E-state index in [1.807, 2.05) is 20.8 Å². The van der Waals surface area contributed by atoms with E-state index in [4.69, 9.17) is 14.2 Å². The van der Waals surface area contributed by atoms with Gasteiger partial charge in [0.05, 0.1) is 42.6 Å². The number of phenolic OH excluding ortho intramolecular Hbond substituents is 2. The Morgan fingerprint density at radius 1 is 1.12 bits per heavy atom. The first-order valence-corrected chi connectivity index (χ1v) is 13.7. The van der Waals surface area contributed by atoms with Crippen LogP contribution in [-0.2, 0) is 20.7 Å². The van der Waals surface area contributed by atoms with E-state index in [0.29, 0.717) is 0 Å². The zero-order valence-electron chi connectivity index (χ0n) is 23.8. The Morgan fingerprint density at radius 3 is 2.45 bits per heavy atom. The lowest BCUT2D eigenvalue weighted by atomic mass is 9.72. The number of rotatable bonds is 6. The van der Waals surface area contributed by atoms with Crippen molar-refractivity contribution in [2.24, 2.45) is 0 Å². The fourth-order valence-electron chi connectivity index (χ4n) is 6.14. The zero-order valence-corrected chi connectivity index (χ0v) is 23.8. The van der Waals surface area contributed by atoms with Crippen LogP contribution >= 0.6 is 0 Å². The van der Waals surface area contributed by atoms with E-state index in [-0.39, 0.29) is 46.6 Å². The van der Waals surface area contributed by atoms with Crippen LogP contribution in [0.1, 0.15) is 82.7 Å². The molecule has 0 aromatic heterocycles. The number of aromatic hydroxyl groups is 2. The van der Waals surface area contributed by atoms with Crippen LogP contribution < -0.4 is 10.1 Å². The molecule has 3 aliphatic rings. The number of fused-ring (bicyclic) bond motifs is 3. The van der Waals surface area contributed by atoms with Gasteiger partial charge in [0.25, 0.3) is 0 Å². The summed E-state index contributed by atoms with van der Waals surface area (Å²) in [6, 6.07) is 3.95. The number of Topliss-reactive ketones (excluding diaryl/α,β-unsaturated/α-hetero) is 1. The molecule has 0 unspecified atom stereocenters. The molecule has 2 aromatic carbocycles. The molecule has 2 aromatic rings. The van der Waals surface area contributed by atoms with E-state index in [2.05, 4.69) is 5.32 Å². The van der Waals surface area contributed by atoms with Gasteiger partial charge in [-0.15, -0.1) is 0 Å². The highest BCUT2D eigenvalue weighted by Gasteiger charge is 2.50. The number of aliphatic hydroxyl groups is 3. The fraction of sp³-hybridized carbons (Fsp3) is 0.500. The molecular formula is C30H35NO11. The van der Waals surface area contributed by atoms with Crippen molar-refractivity contribution in [3.05, 3.63) is 51.6 Å². The standard InChI is InChI=1S/C30H35NO11/c1-29(2,3)31-15-8-20(41-12-16(15)33)42-18-10-30(39,19(34)11-32)9-14-22(18)28(38)24-23(26(14)36)25(35)13-6-5-7-17(40-4)21(13)27(24)37/h5-7,15-16,18,20,31-33,36,38-39H,8-12H2,1-4H3/t15-,16+,18-,20-,30-/m0/s1. The van der Waals surface area contributed by atoms with Crippen LogP contribution in [0.3, 0.4) is 0 Å². The number of nitrogens with one attached hydrogen (secondary N) is 1. The second-order valence-corrected chi connectivity index (χ2v) is 12.1. The monoisotopic (exact) mass is 585 g/mol. The molecule has 0 amide bonds. The van der Waals surface area contributed by atoms with Gasteiger partial charge in [-0.05, 0) is 26.8 Å². The van der Waals surface area contributed by atoms with Gasteiger partial charge < -0.3 is 45.1 Å². The number of ketones is 3. The number of methoxy groups -OCH3 is 1. The molecule has 2 aliphatic carbocycles. The summed E-state index contributed by atoms with van der Waals surface area (Å²) < 4.78 is 17.2. The van der Waals surface area contributed by atoms with Crippen molar-refractivity contribution in [2.75, 3.05) is 20.3 Å². The summed E-state index contributed by atoms with van der Waals surface area (Å²) in [5.41, 5.74) is -3.88. The molecule has 226 valence electrons. The Balaban J connectivity index is 1.63. The van der Waals surface area contributed by atoms with Crippen molar-refractivity contribution in [1.29, 1.82) is 0 Å². The molecule has 6 N–H and O–H groups in total. The lowest BCUT2D eigenvalue weighted by Crippen LogP contribution is -2.55. The zero-order chi connectivity index (χ0) is 30.7. The van der Waals surface area contributed by atoms with Crippen LogP contribution in [0.2, 0.25) is 0 Å². The van der Waals surface area contributed by atoms with E-state index in [0.717, 1.165) is 0 Å². The average Bonchev–Trinajstić information content (AvgIpc) is 2.93. The third-order valence-electron chi connectivity index (χ3n) is 8.04. The van der Waals surface area contributed by atoms with Gasteiger partial charge in [-0.25, -0.2) is 0 Å². The molecule has 0 radical (unpaired) electrons. The first-order valence-electron chi connectivity index (χ1n) is 13.7. The maximum atomic E-state index is 13.7. The number of phenols is 2. The minimum absolute atomic E-state index is 0.0432. The number of carbonyl (C=O) groups excluding carboxylic acids is 3. The van der Waals surface area contributed by atoms with E-state index >= 15 is 0 Å². The fourth-order valence-corrected chi connectivity index (χ4v) is 6.14. The SMILES string of the molecule is COc1cccc2c1C(=O)c1c(O)c3c(c(O)c1C2=O)C[C@@](O)(C(=O)CO)C[C@@H]3O[C@H]1C[C@H](NC(C)(C)C)[C@H](O)CO1. The summed E-state index contributed by atoms with van der Waals surface area (Å²) in [4.78, 5) is 40.0. The lowest BCUT2D eigenvalue weighted by Gasteiger charge is -2.42. The van der Waals surface area contributed by atoms with Crippen LogP contribution in [0.4, 0.5) is 0 Å². The molecular weight excluding hydrogens is 550 g/mol. The summed E-state index contributed by atoms with van der Waals surface area (Å²) in [6.07, 6.45) is -4.02. The molecule has 0 spiro atoms. The molecule has 1 heterocycles. The van der Waals surface area contributed by atoms with E-state index < -0.39 is 89.6 Å². The summed E-state index contributed by atoms with van der Waals surface area (Å²) in [5, 5.41) is 57.7. The lowest BCUT2D eigenvalue weighted by molar-refractivity contribution is -0.226. The highest BCUT2D eigenvalue weighted by Crippen LogP contribution is 2.52.